The normalized spacial score (nSPS) is 43.8. The van der Waals surface area contributed by atoms with E-state index in [9.17, 15) is 0 Å². The summed E-state index contributed by atoms with van der Waals surface area (Å²) in [6, 6.07) is 0. The predicted octanol–water partition coefficient (Wildman–Crippen LogP) is 3.22. The first kappa shape index (κ1) is 6.69. The van der Waals surface area contributed by atoms with Crippen molar-refractivity contribution in [2.45, 2.75) is 46.0 Å². The highest BCUT2D eigenvalue weighted by Crippen LogP contribution is 2.58. The Morgan fingerprint density at radius 2 is 1.80 bits per heavy atom. The van der Waals surface area contributed by atoms with Crippen LogP contribution < -0.4 is 0 Å². The highest BCUT2D eigenvalue weighted by atomic mass is 14.5. The molecule has 0 aromatic rings. The van der Waals surface area contributed by atoms with Crippen LogP contribution in [0.1, 0.15) is 46.0 Å². The van der Waals surface area contributed by atoms with Crippen LogP contribution >= 0.6 is 0 Å². The molecule has 0 radical (unpaired) electrons. The lowest BCUT2D eigenvalue weighted by molar-refractivity contribution is 0.0761. The topological polar surface area (TPSA) is 0 Å². The molecule has 0 N–H and O–H groups in total. The Morgan fingerprint density at radius 3 is 2.00 bits per heavy atom. The third kappa shape index (κ3) is 0.681. The molecule has 58 valence electrons. The minimum absolute atomic E-state index is 0.847. The van der Waals surface area contributed by atoms with Crippen LogP contribution in [0.25, 0.3) is 0 Å². The van der Waals surface area contributed by atoms with Crippen LogP contribution in [0, 0.1) is 17.3 Å². The first-order valence-corrected chi connectivity index (χ1v) is 4.75. The van der Waals surface area contributed by atoms with Gasteiger partial charge in [-0.15, -0.1) is 0 Å². The van der Waals surface area contributed by atoms with Gasteiger partial charge in [-0.3, -0.25) is 0 Å². The van der Waals surface area contributed by atoms with Crippen molar-refractivity contribution in [1.29, 1.82) is 0 Å². The van der Waals surface area contributed by atoms with E-state index in [1.165, 1.54) is 19.3 Å². The fraction of sp³-hybridized carbons (Fsp3) is 1.00. The van der Waals surface area contributed by atoms with Crippen molar-refractivity contribution in [3.63, 3.8) is 0 Å². The molecule has 0 saturated heterocycles. The van der Waals surface area contributed by atoms with Gasteiger partial charge in [0.25, 0.3) is 0 Å². The monoisotopic (exact) mass is 138 g/mol. The summed E-state index contributed by atoms with van der Waals surface area (Å²) in [5, 5.41) is 0. The highest BCUT2D eigenvalue weighted by Gasteiger charge is 2.47. The Labute approximate surface area is 64.0 Å². The average Bonchev–Trinajstić information content (AvgIpc) is 2.10. The fourth-order valence-corrected chi connectivity index (χ4v) is 2.93. The van der Waals surface area contributed by atoms with Gasteiger partial charge in [0, 0.05) is 0 Å². The zero-order valence-corrected chi connectivity index (χ0v) is 7.19. The molecular weight excluding hydrogens is 120 g/mol. The van der Waals surface area contributed by atoms with Gasteiger partial charge in [-0.2, -0.15) is 0 Å². The minimum Gasteiger partial charge on any atom is -0.0622 e. The Morgan fingerprint density at radius 1 is 1.10 bits per heavy atom. The zero-order valence-electron chi connectivity index (χ0n) is 7.19. The molecule has 0 nitrogen and oxygen atoms in total. The largest absolute Gasteiger partial charge is 0.0622 e. The molecule has 0 heteroatoms. The van der Waals surface area contributed by atoms with Gasteiger partial charge < -0.3 is 0 Å². The van der Waals surface area contributed by atoms with Crippen molar-refractivity contribution in [3.8, 4) is 0 Å². The van der Waals surface area contributed by atoms with Crippen LogP contribution in [-0.4, -0.2) is 0 Å². The Kier molecular flexibility index (Phi) is 1.33. The average molecular weight is 138 g/mol. The second kappa shape index (κ2) is 1.99. The molecule has 0 aromatic heterocycles. The molecule has 0 bridgehead atoms. The van der Waals surface area contributed by atoms with Crippen LogP contribution in [0.3, 0.4) is 0 Å². The molecule has 0 heterocycles. The van der Waals surface area contributed by atoms with Gasteiger partial charge in [-0.25, -0.2) is 0 Å². The van der Waals surface area contributed by atoms with Crippen molar-refractivity contribution in [1.82, 2.24) is 0 Å². The second-order valence-electron chi connectivity index (χ2n) is 4.52. The van der Waals surface area contributed by atoms with Gasteiger partial charge in [0.2, 0.25) is 0 Å². The molecule has 2 saturated carbocycles. The first-order chi connectivity index (χ1) is 4.75. The molecule has 0 aliphatic heterocycles. The van der Waals surface area contributed by atoms with E-state index in [-0.39, 0.29) is 0 Å². The van der Waals surface area contributed by atoms with Crippen LogP contribution in [0.2, 0.25) is 0 Å². The molecule has 10 heavy (non-hydrogen) atoms. The molecule has 2 aliphatic rings. The summed E-state index contributed by atoms with van der Waals surface area (Å²) in [6.45, 7) is 4.90. The molecule has 2 unspecified atom stereocenters. The molecule has 0 aromatic carbocycles. The molecule has 2 atom stereocenters. The Balaban J connectivity index is 2.10. The second-order valence-corrected chi connectivity index (χ2v) is 4.52. The standard InChI is InChI=1S/C10H18/c1-8-4-7-10(9(8)2)5-3-6-10/h8-9H,3-7H2,1-2H3. The van der Waals surface area contributed by atoms with Crippen LogP contribution in [0.15, 0.2) is 0 Å². The minimum atomic E-state index is 0.847. The van der Waals surface area contributed by atoms with E-state index < -0.39 is 0 Å². The maximum atomic E-state index is 2.47. The van der Waals surface area contributed by atoms with Gasteiger partial charge in [-0.1, -0.05) is 20.3 Å². The van der Waals surface area contributed by atoms with Gasteiger partial charge >= 0.3 is 0 Å². The lowest BCUT2D eigenvalue weighted by Crippen LogP contribution is -2.32. The number of hydrogen-bond acceptors (Lipinski definition) is 0. The summed E-state index contributed by atoms with van der Waals surface area (Å²) in [7, 11) is 0. The first-order valence-electron chi connectivity index (χ1n) is 4.75. The van der Waals surface area contributed by atoms with Crippen LogP contribution in [-0.2, 0) is 0 Å². The predicted molar refractivity (Wildman–Crippen MR) is 43.8 cm³/mol. The summed E-state index contributed by atoms with van der Waals surface area (Å²) in [4.78, 5) is 0. The third-order valence-corrected chi connectivity index (χ3v) is 4.27. The molecule has 2 aliphatic carbocycles. The van der Waals surface area contributed by atoms with Gasteiger partial charge in [-0.05, 0) is 42.9 Å². The lowest BCUT2D eigenvalue weighted by atomic mass is 9.62. The summed E-state index contributed by atoms with van der Waals surface area (Å²) < 4.78 is 0. The number of rotatable bonds is 0. The molecule has 0 amide bonds. The van der Waals surface area contributed by atoms with E-state index in [2.05, 4.69) is 13.8 Å². The summed E-state index contributed by atoms with van der Waals surface area (Å²) in [5.41, 5.74) is 0.847. The van der Waals surface area contributed by atoms with Crippen molar-refractivity contribution < 1.29 is 0 Å². The zero-order chi connectivity index (χ0) is 7.19. The van der Waals surface area contributed by atoms with E-state index in [4.69, 9.17) is 0 Å². The summed E-state index contributed by atoms with van der Waals surface area (Å²) in [6.07, 6.45) is 7.63. The number of hydrogen-bond donors (Lipinski definition) is 0. The van der Waals surface area contributed by atoms with E-state index in [0.717, 1.165) is 17.3 Å². The van der Waals surface area contributed by atoms with E-state index in [0.29, 0.717) is 0 Å². The maximum Gasteiger partial charge on any atom is -0.0269 e. The quantitative estimate of drug-likeness (QED) is 0.482. The SMILES string of the molecule is CC1CCC2(CCC2)C1C. The van der Waals surface area contributed by atoms with Gasteiger partial charge in [0.1, 0.15) is 0 Å². The molecular formula is C10H18. The lowest BCUT2D eigenvalue weighted by Gasteiger charge is -2.43. The van der Waals surface area contributed by atoms with E-state index >= 15 is 0 Å². The van der Waals surface area contributed by atoms with Crippen LogP contribution in [0.5, 0.6) is 0 Å². The summed E-state index contributed by atoms with van der Waals surface area (Å²) in [5.74, 6) is 2.04. The van der Waals surface area contributed by atoms with E-state index in [1.54, 1.807) is 12.8 Å². The van der Waals surface area contributed by atoms with Gasteiger partial charge in [0.05, 0.1) is 0 Å². The smallest absolute Gasteiger partial charge is 0.0269 e. The van der Waals surface area contributed by atoms with Crippen molar-refractivity contribution >= 4 is 0 Å². The van der Waals surface area contributed by atoms with E-state index in [1.807, 2.05) is 0 Å². The fourth-order valence-electron chi connectivity index (χ4n) is 2.93. The molecule has 1 spiro atoms. The molecule has 2 fully saturated rings. The molecule has 2 rings (SSSR count). The van der Waals surface area contributed by atoms with Gasteiger partial charge in [0.15, 0.2) is 0 Å². The summed E-state index contributed by atoms with van der Waals surface area (Å²) >= 11 is 0. The Hall–Kier alpha value is 0. The van der Waals surface area contributed by atoms with Crippen LogP contribution in [0.4, 0.5) is 0 Å². The van der Waals surface area contributed by atoms with Crippen molar-refractivity contribution in [2.75, 3.05) is 0 Å². The maximum absolute atomic E-state index is 2.47. The Bertz CT molecular complexity index is 133. The van der Waals surface area contributed by atoms with Crippen molar-refractivity contribution in [3.05, 3.63) is 0 Å². The van der Waals surface area contributed by atoms with Crippen molar-refractivity contribution in [2.24, 2.45) is 17.3 Å². The highest BCUT2D eigenvalue weighted by molar-refractivity contribution is 4.98. The third-order valence-electron chi connectivity index (χ3n) is 4.27.